The minimum Gasteiger partial charge on any atom is -0.492 e. The van der Waals surface area contributed by atoms with Gasteiger partial charge in [-0.05, 0) is 19.9 Å². The van der Waals surface area contributed by atoms with Gasteiger partial charge < -0.3 is 4.74 Å². The fourth-order valence-electron chi connectivity index (χ4n) is 2.56. The molecule has 3 rings (SSSR count). The summed E-state index contributed by atoms with van der Waals surface area (Å²) < 4.78 is 32.8. The molecule has 0 atom stereocenters. The number of hydrogen-bond donors (Lipinski definition) is 1. The van der Waals surface area contributed by atoms with Crippen LogP contribution in [0, 0.1) is 13.8 Å². The van der Waals surface area contributed by atoms with E-state index in [1.807, 2.05) is 24.3 Å². The molecule has 21 heavy (non-hydrogen) atoms. The van der Waals surface area contributed by atoms with Crippen LogP contribution in [0.1, 0.15) is 17.0 Å². The van der Waals surface area contributed by atoms with Gasteiger partial charge >= 0.3 is 0 Å². The number of hydrogen-bond acceptors (Lipinski definition) is 4. The number of aromatic nitrogens is 2. The lowest BCUT2D eigenvalue weighted by Gasteiger charge is -2.19. The van der Waals surface area contributed by atoms with Crippen molar-refractivity contribution in [2.75, 3.05) is 13.2 Å². The topological polar surface area (TPSA) is 75.3 Å². The first-order valence-corrected chi connectivity index (χ1v) is 8.16. The van der Waals surface area contributed by atoms with E-state index >= 15 is 0 Å². The molecule has 1 aromatic heterocycles. The van der Waals surface area contributed by atoms with E-state index in [0.717, 1.165) is 11.3 Å². The van der Waals surface area contributed by atoms with Crippen molar-refractivity contribution >= 4 is 10.0 Å². The summed E-state index contributed by atoms with van der Waals surface area (Å²) in [6, 6.07) is 7.51. The van der Waals surface area contributed by atoms with Crippen molar-refractivity contribution in [2.24, 2.45) is 0 Å². The highest BCUT2D eigenvalue weighted by atomic mass is 32.2. The van der Waals surface area contributed by atoms with Crippen molar-refractivity contribution in [1.82, 2.24) is 14.5 Å². The molecule has 0 saturated carbocycles. The van der Waals surface area contributed by atoms with Crippen LogP contribution in [0.2, 0.25) is 0 Å². The number of nitrogens with one attached hydrogen (secondary N) is 1. The van der Waals surface area contributed by atoms with Gasteiger partial charge in [-0.2, -0.15) is 9.40 Å². The van der Waals surface area contributed by atoms with Crippen LogP contribution in [0.5, 0.6) is 5.75 Å². The van der Waals surface area contributed by atoms with E-state index in [1.54, 1.807) is 13.8 Å². The maximum absolute atomic E-state index is 12.9. The smallest absolute Gasteiger partial charge is 0.247 e. The Morgan fingerprint density at radius 3 is 2.76 bits per heavy atom. The second kappa shape index (κ2) is 5.16. The van der Waals surface area contributed by atoms with E-state index in [0.29, 0.717) is 31.1 Å². The lowest BCUT2D eigenvalue weighted by molar-refractivity contribution is 0.293. The van der Waals surface area contributed by atoms with Crippen LogP contribution < -0.4 is 4.74 Å². The van der Waals surface area contributed by atoms with Crippen LogP contribution in [0.4, 0.5) is 0 Å². The molecule has 0 aliphatic carbocycles. The summed E-state index contributed by atoms with van der Waals surface area (Å²) in [5, 5.41) is 6.71. The Balaban J connectivity index is 2.01. The van der Waals surface area contributed by atoms with E-state index < -0.39 is 10.0 Å². The first-order valence-electron chi connectivity index (χ1n) is 6.72. The van der Waals surface area contributed by atoms with Gasteiger partial charge in [-0.15, -0.1) is 0 Å². The van der Waals surface area contributed by atoms with Crippen molar-refractivity contribution in [3.8, 4) is 5.75 Å². The summed E-state index contributed by atoms with van der Waals surface area (Å²) >= 11 is 0. The molecule has 0 amide bonds. The van der Waals surface area contributed by atoms with Gasteiger partial charge in [0.05, 0.1) is 11.4 Å². The van der Waals surface area contributed by atoms with Crippen LogP contribution in [-0.4, -0.2) is 36.1 Å². The molecule has 112 valence electrons. The third-order valence-electron chi connectivity index (χ3n) is 3.58. The predicted octanol–water partition coefficient (Wildman–Crippen LogP) is 1.61. The van der Waals surface area contributed by atoms with Gasteiger partial charge in [0.2, 0.25) is 10.0 Å². The molecule has 2 heterocycles. The molecule has 7 heteroatoms. The van der Waals surface area contributed by atoms with Crippen molar-refractivity contribution in [3.63, 3.8) is 0 Å². The zero-order valence-corrected chi connectivity index (χ0v) is 12.8. The Morgan fingerprint density at radius 2 is 2.05 bits per heavy atom. The van der Waals surface area contributed by atoms with Crippen molar-refractivity contribution < 1.29 is 13.2 Å². The lowest BCUT2D eigenvalue weighted by Crippen LogP contribution is -2.33. The molecule has 0 unspecified atom stereocenters. The summed E-state index contributed by atoms with van der Waals surface area (Å²) in [4.78, 5) is 0.266. The first-order chi connectivity index (χ1) is 10.00. The largest absolute Gasteiger partial charge is 0.492 e. The maximum atomic E-state index is 12.9. The van der Waals surface area contributed by atoms with E-state index in [1.165, 1.54) is 4.31 Å². The summed E-state index contributed by atoms with van der Waals surface area (Å²) in [6.07, 6.45) is 0. The zero-order valence-electron chi connectivity index (χ0n) is 12.0. The minimum atomic E-state index is -3.59. The van der Waals surface area contributed by atoms with Crippen LogP contribution >= 0.6 is 0 Å². The highest BCUT2D eigenvalue weighted by Crippen LogP contribution is 2.28. The van der Waals surface area contributed by atoms with Crippen LogP contribution in [0.3, 0.4) is 0 Å². The highest BCUT2D eigenvalue weighted by molar-refractivity contribution is 7.89. The number of aromatic amines is 1. The van der Waals surface area contributed by atoms with Crippen LogP contribution in [0.15, 0.2) is 29.2 Å². The third kappa shape index (κ3) is 2.43. The van der Waals surface area contributed by atoms with Gasteiger partial charge in [0.25, 0.3) is 0 Å². The van der Waals surface area contributed by atoms with E-state index in [-0.39, 0.29) is 4.90 Å². The Kier molecular flexibility index (Phi) is 3.46. The second-order valence-electron chi connectivity index (χ2n) is 5.06. The molecule has 1 aliphatic rings. The number of para-hydroxylation sites is 1. The molecule has 1 N–H and O–H groups in total. The molecule has 0 radical (unpaired) electrons. The van der Waals surface area contributed by atoms with Crippen molar-refractivity contribution in [1.29, 1.82) is 0 Å². The molecule has 0 spiro atoms. The Labute approximate surface area is 123 Å². The summed E-state index contributed by atoms with van der Waals surface area (Å²) in [6.45, 7) is 4.38. The number of nitrogens with zero attached hydrogens (tertiary/aromatic N) is 2. The quantitative estimate of drug-likeness (QED) is 0.914. The molecule has 0 bridgehead atoms. The van der Waals surface area contributed by atoms with Gasteiger partial charge in [0, 0.05) is 18.7 Å². The number of fused-ring (bicyclic) bond motifs is 1. The normalized spacial score (nSPS) is 16.1. The van der Waals surface area contributed by atoms with E-state index in [4.69, 9.17) is 4.74 Å². The summed E-state index contributed by atoms with van der Waals surface area (Å²) in [5.74, 6) is 0.746. The summed E-state index contributed by atoms with van der Waals surface area (Å²) in [7, 11) is -3.59. The first kappa shape index (κ1) is 14.1. The standard InChI is InChI=1S/C14H17N3O3S/c1-10-14(11(2)16-15-10)21(18,19)17-7-8-20-13-6-4-3-5-12(13)9-17/h3-6H,7-9H2,1-2H3,(H,15,16). The molecular formula is C14H17N3O3S. The molecule has 2 aromatic rings. The molecule has 0 saturated heterocycles. The van der Waals surface area contributed by atoms with Gasteiger partial charge in [-0.25, -0.2) is 8.42 Å². The fourth-order valence-corrected chi connectivity index (χ4v) is 4.29. The van der Waals surface area contributed by atoms with Gasteiger partial charge in [0.15, 0.2) is 0 Å². The summed E-state index contributed by atoms with van der Waals surface area (Å²) in [5.41, 5.74) is 1.93. The monoisotopic (exact) mass is 307 g/mol. The Bertz CT molecular complexity index is 748. The van der Waals surface area contributed by atoms with E-state index in [2.05, 4.69) is 10.2 Å². The number of H-pyrrole nitrogens is 1. The van der Waals surface area contributed by atoms with Gasteiger partial charge in [-0.3, -0.25) is 5.10 Å². The minimum absolute atomic E-state index is 0.266. The lowest BCUT2D eigenvalue weighted by atomic mass is 10.2. The number of aryl methyl sites for hydroxylation is 2. The SMILES string of the molecule is Cc1n[nH]c(C)c1S(=O)(=O)N1CCOc2ccccc2C1. The maximum Gasteiger partial charge on any atom is 0.247 e. The molecule has 0 fully saturated rings. The fraction of sp³-hybridized carbons (Fsp3) is 0.357. The predicted molar refractivity (Wildman–Crippen MR) is 77.6 cm³/mol. The highest BCUT2D eigenvalue weighted by Gasteiger charge is 2.31. The number of ether oxygens (including phenoxy) is 1. The Hall–Kier alpha value is -1.86. The molecule has 1 aromatic carbocycles. The van der Waals surface area contributed by atoms with Crippen LogP contribution in [0.25, 0.3) is 0 Å². The zero-order chi connectivity index (χ0) is 15.0. The van der Waals surface area contributed by atoms with Gasteiger partial charge in [0.1, 0.15) is 17.3 Å². The molecule has 1 aliphatic heterocycles. The average molecular weight is 307 g/mol. The molecule has 6 nitrogen and oxygen atoms in total. The number of sulfonamides is 1. The van der Waals surface area contributed by atoms with Gasteiger partial charge in [-0.1, -0.05) is 18.2 Å². The van der Waals surface area contributed by atoms with E-state index in [9.17, 15) is 8.42 Å². The average Bonchev–Trinajstić information content (AvgIpc) is 2.68. The van der Waals surface area contributed by atoms with Crippen LogP contribution in [-0.2, 0) is 16.6 Å². The van der Waals surface area contributed by atoms with Crippen molar-refractivity contribution in [3.05, 3.63) is 41.2 Å². The second-order valence-corrected chi connectivity index (χ2v) is 6.93. The number of rotatable bonds is 2. The third-order valence-corrected chi connectivity index (χ3v) is 5.68. The molecular weight excluding hydrogens is 290 g/mol. The number of benzene rings is 1. The Morgan fingerprint density at radius 1 is 1.29 bits per heavy atom. The van der Waals surface area contributed by atoms with Crippen molar-refractivity contribution in [2.45, 2.75) is 25.3 Å².